The summed E-state index contributed by atoms with van der Waals surface area (Å²) >= 11 is 5.17. The predicted octanol–water partition coefficient (Wildman–Crippen LogP) is 2.57. The zero-order chi connectivity index (χ0) is 8.55. The summed E-state index contributed by atoms with van der Waals surface area (Å²) in [5, 5.41) is 3.03. The number of thiazole rings is 1. The van der Waals surface area contributed by atoms with Gasteiger partial charge in [-0.1, -0.05) is 0 Å². The molecule has 0 amide bonds. The van der Waals surface area contributed by atoms with Gasteiger partial charge in [-0.05, 0) is 41.0 Å². The fraction of sp³-hybridized carbons (Fsp3) is 0.167. The van der Waals surface area contributed by atoms with E-state index < -0.39 is 0 Å². The molecule has 2 rings (SSSR count). The van der Waals surface area contributed by atoms with Gasteiger partial charge >= 0.3 is 0 Å². The molecule has 62 valence electrons. The van der Waals surface area contributed by atoms with E-state index in [0.717, 1.165) is 19.5 Å². The molecule has 0 N–H and O–H groups in total. The highest BCUT2D eigenvalue weighted by Crippen LogP contribution is 2.20. The third-order valence-electron chi connectivity index (χ3n) is 1.25. The lowest BCUT2D eigenvalue weighted by Crippen LogP contribution is -1.80. The smallest absolute Gasteiger partial charge is 0.193 e. The highest BCUT2D eigenvalue weighted by atomic mass is 127. The molecule has 0 aliphatic rings. The summed E-state index contributed by atoms with van der Waals surface area (Å²) < 4.78 is 5.12. The Bertz CT molecular complexity index is 357. The zero-order valence-corrected chi connectivity index (χ0v) is 9.90. The molecule has 0 saturated carbocycles. The van der Waals surface area contributed by atoms with Crippen molar-refractivity contribution in [1.82, 2.24) is 14.3 Å². The summed E-state index contributed by atoms with van der Waals surface area (Å²) in [5.41, 5.74) is 0.886. The molecular formula is C6H4IN3S2. The third kappa shape index (κ3) is 1.64. The quantitative estimate of drug-likeness (QED) is 0.760. The maximum absolute atomic E-state index is 4.29. The minimum Gasteiger partial charge on any atom is -0.238 e. The summed E-state index contributed by atoms with van der Waals surface area (Å²) in [4.78, 5) is 8.52. The molecule has 3 nitrogen and oxygen atoms in total. The number of hydrogen-bond donors (Lipinski definition) is 0. The first-order valence-electron chi connectivity index (χ1n) is 3.17. The SMILES string of the molecule is Cc1nc(-c2nsc(I)n2)cs1. The van der Waals surface area contributed by atoms with Gasteiger partial charge in [0.05, 0.1) is 5.01 Å². The highest BCUT2D eigenvalue weighted by Gasteiger charge is 2.07. The predicted molar refractivity (Wildman–Crippen MR) is 58.5 cm³/mol. The van der Waals surface area contributed by atoms with E-state index in [1.54, 1.807) is 11.3 Å². The summed E-state index contributed by atoms with van der Waals surface area (Å²) in [6.07, 6.45) is 0. The minimum atomic E-state index is 0.744. The molecule has 0 atom stereocenters. The Kier molecular flexibility index (Phi) is 2.37. The molecule has 12 heavy (non-hydrogen) atoms. The van der Waals surface area contributed by atoms with Crippen molar-refractivity contribution >= 4 is 45.5 Å². The summed E-state index contributed by atoms with van der Waals surface area (Å²) in [6.45, 7) is 1.98. The number of nitrogens with zero attached hydrogens (tertiary/aromatic N) is 3. The van der Waals surface area contributed by atoms with Crippen LogP contribution in [0.25, 0.3) is 11.5 Å². The molecule has 0 aliphatic heterocycles. The normalized spacial score (nSPS) is 10.5. The molecule has 0 aliphatic carbocycles. The van der Waals surface area contributed by atoms with E-state index in [9.17, 15) is 0 Å². The molecule has 0 bridgehead atoms. The Morgan fingerprint density at radius 3 is 2.75 bits per heavy atom. The van der Waals surface area contributed by atoms with Crippen LogP contribution < -0.4 is 0 Å². The van der Waals surface area contributed by atoms with Crippen LogP contribution in [-0.4, -0.2) is 14.3 Å². The van der Waals surface area contributed by atoms with Crippen LogP contribution in [0.15, 0.2) is 5.38 Å². The molecule has 0 spiro atoms. The van der Waals surface area contributed by atoms with Crippen LogP contribution in [0.4, 0.5) is 0 Å². The van der Waals surface area contributed by atoms with Crippen LogP contribution in [0, 0.1) is 9.94 Å². The number of halogens is 1. The Morgan fingerprint density at radius 1 is 1.42 bits per heavy atom. The molecule has 6 heteroatoms. The van der Waals surface area contributed by atoms with Crippen LogP contribution in [0.5, 0.6) is 0 Å². The number of aromatic nitrogens is 3. The van der Waals surface area contributed by atoms with Gasteiger partial charge in [0.2, 0.25) is 0 Å². The maximum Gasteiger partial charge on any atom is 0.193 e. The fourth-order valence-electron chi connectivity index (χ4n) is 0.775. The maximum atomic E-state index is 4.29. The standard InChI is InChI=1S/C6H4IN3S2/c1-3-8-4(2-11-3)5-9-6(7)12-10-5/h2H,1H3. The average Bonchev–Trinajstić information content (AvgIpc) is 2.58. The van der Waals surface area contributed by atoms with Crippen molar-refractivity contribution < 1.29 is 0 Å². The summed E-state index contributed by atoms with van der Waals surface area (Å²) in [5.74, 6) is 0.744. The van der Waals surface area contributed by atoms with Crippen molar-refractivity contribution in [3.63, 3.8) is 0 Å². The van der Waals surface area contributed by atoms with Gasteiger partial charge in [0, 0.05) is 5.38 Å². The fourth-order valence-corrected chi connectivity index (χ4v) is 2.31. The van der Waals surface area contributed by atoms with Crippen LogP contribution in [0.1, 0.15) is 5.01 Å². The molecule has 2 aromatic rings. The van der Waals surface area contributed by atoms with Gasteiger partial charge in [-0.25, -0.2) is 9.97 Å². The molecule has 2 aromatic heterocycles. The molecule has 0 fully saturated rings. The average molecular weight is 309 g/mol. The number of hydrogen-bond acceptors (Lipinski definition) is 5. The second-order valence-electron chi connectivity index (χ2n) is 2.12. The lowest BCUT2D eigenvalue weighted by Gasteiger charge is -1.82. The van der Waals surface area contributed by atoms with E-state index in [0.29, 0.717) is 0 Å². The van der Waals surface area contributed by atoms with Gasteiger partial charge in [0.1, 0.15) is 5.69 Å². The van der Waals surface area contributed by atoms with Gasteiger partial charge in [0.25, 0.3) is 0 Å². The highest BCUT2D eigenvalue weighted by molar-refractivity contribution is 14.1. The van der Waals surface area contributed by atoms with E-state index in [4.69, 9.17) is 0 Å². The van der Waals surface area contributed by atoms with Crippen LogP contribution in [0.3, 0.4) is 0 Å². The van der Waals surface area contributed by atoms with E-state index >= 15 is 0 Å². The monoisotopic (exact) mass is 309 g/mol. The molecular weight excluding hydrogens is 305 g/mol. The Labute approximate surface area is 91.2 Å². The Hall–Kier alpha value is -0.0800. The molecule has 0 saturated heterocycles. The van der Waals surface area contributed by atoms with Gasteiger partial charge < -0.3 is 0 Å². The first-order chi connectivity index (χ1) is 5.75. The van der Waals surface area contributed by atoms with E-state index in [-0.39, 0.29) is 0 Å². The van der Waals surface area contributed by atoms with Crippen LogP contribution in [-0.2, 0) is 0 Å². The lowest BCUT2D eigenvalue weighted by atomic mass is 10.5. The first kappa shape index (κ1) is 8.52. The van der Waals surface area contributed by atoms with Gasteiger partial charge in [-0.2, -0.15) is 4.37 Å². The zero-order valence-electron chi connectivity index (χ0n) is 6.11. The summed E-state index contributed by atoms with van der Waals surface area (Å²) in [7, 11) is 0. The van der Waals surface area contributed by atoms with Crippen molar-refractivity contribution in [3.05, 3.63) is 13.4 Å². The largest absolute Gasteiger partial charge is 0.238 e. The van der Waals surface area contributed by atoms with Gasteiger partial charge in [0.15, 0.2) is 8.84 Å². The van der Waals surface area contributed by atoms with Crippen LogP contribution >= 0.6 is 45.5 Å². The van der Waals surface area contributed by atoms with E-state index in [1.807, 2.05) is 12.3 Å². The van der Waals surface area contributed by atoms with Gasteiger partial charge in [-0.3, -0.25) is 0 Å². The van der Waals surface area contributed by atoms with Crippen LogP contribution in [0.2, 0.25) is 0 Å². The number of aryl methyl sites for hydroxylation is 1. The molecule has 0 aromatic carbocycles. The third-order valence-corrected chi connectivity index (χ3v) is 3.36. The van der Waals surface area contributed by atoms with Crippen molar-refractivity contribution in [3.8, 4) is 11.5 Å². The first-order valence-corrected chi connectivity index (χ1v) is 5.90. The topological polar surface area (TPSA) is 38.7 Å². The van der Waals surface area contributed by atoms with Crippen molar-refractivity contribution in [2.75, 3.05) is 0 Å². The van der Waals surface area contributed by atoms with Crippen molar-refractivity contribution in [1.29, 1.82) is 0 Å². The Balaban J connectivity index is 2.43. The number of rotatable bonds is 1. The van der Waals surface area contributed by atoms with E-state index in [2.05, 4.69) is 36.9 Å². The Morgan fingerprint density at radius 2 is 2.25 bits per heavy atom. The minimum absolute atomic E-state index is 0.744. The second-order valence-corrected chi connectivity index (χ2v) is 5.69. The lowest BCUT2D eigenvalue weighted by molar-refractivity contribution is 1.22. The van der Waals surface area contributed by atoms with E-state index in [1.165, 1.54) is 11.5 Å². The van der Waals surface area contributed by atoms with Crippen molar-refractivity contribution in [2.45, 2.75) is 6.92 Å². The molecule has 0 radical (unpaired) electrons. The molecule has 2 heterocycles. The summed E-state index contributed by atoms with van der Waals surface area (Å²) in [6, 6.07) is 0. The second kappa shape index (κ2) is 3.35. The van der Waals surface area contributed by atoms with Gasteiger partial charge in [-0.15, -0.1) is 11.3 Å². The van der Waals surface area contributed by atoms with Crippen molar-refractivity contribution in [2.24, 2.45) is 0 Å². The molecule has 0 unspecified atom stereocenters.